The molecule has 0 bridgehead atoms. The predicted molar refractivity (Wildman–Crippen MR) is 102 cm³/mol. The lowest BCUT2D eigenvalue weighted by Crippen LogP contribution is -2.42. The summed E-state index contributed by atoms with van der Waals surface area (Å²) in [5, 5.41) is 11.4. The molecule has 4 nitrogen and oxygen atoms in total. The molecule has 1 aliphatic carbocycles. The summed E-state index contributed by atoms with van der Waals surface area (Å²) in [6.45, 7) is 0. The Kier molecular flexibility index (Phi) is 5.74. The molecule has 1 aliphatic rings. The number of nitrogens with zero attached hydrogens (tertiary/aromatic N) is 1. The van der Waals surface area contributed by atoms with E-state index < -0.39 is 11.6 Å². The summed E-state index contributed by atoms with van der Waals surface area (Å²) in [4.78, 5) is 15.3. The van der Waals surface area contributed by atoms with Gasteiger partial charge in [-0.15, -0.1) is 0 Å². The van der Waals surface area contributed by atoms with Crippen molar-refractivity contribution in [2.24, 2.45) is 0 Å². The number of hydrogen-bond acceptors (Lipinski definition) is 4. The molecule has 0 atom stereocenters. The Hall–Kier alpha value is -2.17. The van der Waals surface area contributed by atoms with Crippen LogP contribution >= 0.6 is 0 Å². The van der Waals surface area contributed by atoms with E-state index in [-0.39, 0.29) is 6.10 Å². The minimum Gasteiger partial charge on any atom is -0.460 e. The van der Waals surface area contributed by atoms with Gasteiger partial charge in [0.2, 0.25) is 5.60 Å². The molecule has 1 N–H and O–H groups in total. The van der Waals surface area contributed by atoms with Crippen molar-refractivity contribution < 1.29 is 14.6 Å². The second-order valence-electron chi connectivity index (χ2n) is 7.24. The molecule has 0 heterocycles. The van der Waals surface area contributed by atoms with E-state index in [0.29, 0.717) is 17.2 Å². The van der Waals surface area contributed by atoms with Gasteiger partial charge < -0.3 is 14.7 Å². The van der Waals surface area contributed by atoms with Gasteiger partial charge in [0.25, 0.3) is 0 Å². The molecule has 3 rings (SSSR count). The van der Waals surface area contributed by atoms with Crippen LogP contribution in [0.15, 0.2) is 60.7 Å². The molecule has 1 saturated carbocycles. The van der Waals surface area contributed by atoms with E-state index in [0.717, 1.165) is 25.7 Å². The Bertz CT molecular complexity index is 667. The molecule has 26 heavy (non-hydrogen) atoms. The first kappa shape index (κ1) is 18.6. The second kappa shape index (κ2) is 8.02. The lowest BCUT2D eigenvalue weighted by Gasteiger charge is -2.34. The van der Waals surface area contributed by atoms with E-state index in [9.17, 15) is 9.90 Å². The molecule has 1 fully saturated rings. The summed E-state index contributed by atoms with van der Waals surface area (Å²) in [6.07, 6.45) is 3.51. The molecule has 0 spiro atoms. The molecular formula is C22H27NO3. The minimum atomic E-state index is -1.79. The van der Waals surface area contributed by atoms with Crippen molar-refractivity contribution in [3.63, 3.8) is 0 Å². The van der Waals surface area contributed by atoms with Crippen molar-refractivity contribution in [1.82, 2.24) is 4.90 Å². The number of carbonyl (C=O) groups is 1. The summed E-state index contributed by atoms with van der Waals surface area (Å²) in [6, 6.07) is 18.6. The van der Waals surface area contributed by atoms with Crippen molar-refractivity contribution in [2.45, 2.75) is 43.4 Å². The highest BCUT2D eigenvalue weighted by Crippen LogP contribution is 2.33. The number of rotatable bonds is 5. The first-order valence-electron chi connectivity index (χ1n) is 9.22. The van der Waals surface area contributed by atoms with E-state index in [1.807, 2.05) is 36.4 Å². The van der Waals surface area contributed by atoms with Gasteiger partial charge in [0, 0.05) is 6.04 Å². The van der Waals surface area contributed by atoms with Crippen molar-refractivity contribution >= 4 is 5.97 Å². The standard InChI is InChI=1S/C22H27NO3/c1-23(2)19-13-15-20(16-14-19)26-21(24)22(25,17-9-5-3-6-10-17)18-11-7-4-8-12-18/h3-12,19-20,25H,13-16H2,1-2H3. The molecule has 4 heteroatoms. The third-order valence-electron chi connectivity index (χ3n) is 5.33. The van der Waals surface area contributed by atoms with Crippen LogP contribution in [0.25, 0.3) is 0 Å². The maximum absolute atomic E-state index is 13.1. The summed E-state index contributed by atoms with van der Waals surface area (Å²) in [7, 11) is 4.17. The van der Waals surface area contributed by atoms with E-state index in [1.54, 1.807) is 24.3 Å². The summed E-state index contributed by atoms with van der Waals surface area (Å²) in [5.41, 5.74) is -0.739. The molecule has 2 aromatic carbocycles. The third kappa shape index (κ3) is 3.81. The third-order valence-corrected chi connectivity index (χ3v) is 5.33. The van der Waals surface area contributed by atoms with Crippen molar-refractivity contribution in [3.8, 4) is 0 Å². The summed E-state index contributed by atoms with van der Waals surface area (Å²) < 4.78 is 5.79. The Labute approximate surface area is 155 Å². The molecular weight excluding hydrogens is 326 g/mol. The van der Waals surface area contributed by atoms with Crippen LogP contribution in [0.5, 0.6) is 0 Å². The van der Waals surface area contributed by atoms with Gasteiger partial charge in [-0.05, 0) is 50.9 Å². The molecule has 138 valence electrons. The quantitative estimate of drug-likeness (QED) is 0.838. The maximum Gasteiger partial charge on any atom is 0.347 e. The van der Waals surface area contributed by atoms with Gasteiger partial charge >= 0.3 is 5.97 Å². The van der Waals surface area contributed by atoms with E-state index >= 15 is 0 Å². The van der Waals surface area contributed by atoms with Crippen LogP contribution in [0, 0.1) is 0 Å². The lowest BCUT2D eigenvalue weighted by atomic mass is 9.86. The molecule has 2 aromatic rings. The molecule has 0 radical (unpaired) electrons. The zero-order valence-electron chi connectivity index (χ0n) is 15.5. The Morgan fingerprint density at radius 3 is 1.81 bits per heavy atom. The average molecular weight is 353 g/mol. The Balaban J connectivity index is 1.81. The average Bonchev–Trinajstić information content (AvgIpc) is 2.69. The second-order valence-corrected chi connectivity index (χ2v) is 7.24. The van der Waals surface area contributed by atoms with Crippen LogP contribution in [-0.2, 0) is 15.1 Å². The molecule has 0 amide bonds. The van der Waals surface area contributed by atoms with Gasteiger partial charge in [0.05, 0.1) is 0 Å². The topological polar surface area (TPSA) is 49.8 Å². The number of benzene rings is 2. The van der Waals surface area contributed by atoms with Gasteiger partial charge in [-0.25, -0.2) is 4.79 Å². The number of ether oxygens (including phenoxy) is 1. The zero-order chi connectivity index (χ0) is 18.6. The van der Waals surface area contributed by atoms with Gasteiger partial charge in [-0.3, -0.25) is 0 Å². The fourth-order valence-corrected chi connectivity index (χ4v) is 3.68. The number of carbonyl (C=O) groups excluding carboxylic acids is 1. The fourth-order valence-electron chi connectivity index (χ4n) is 3.68. The van der Waals surface area contributed by atoms with E-state index in [4.69, 9.17) is 4.74 Å². The SMILES string of the molecule is CN(C)C1CCC(OC(=O)C(O)(c2ccccc2)c2ccccc2)CC1. The summed E-state index contributed by atoms with van der Waals surface area (Å²) in [5.74, 6) is -0.594. The van der Waals surface area contributed by atoms with Crippen LogP contribution in [0.2, 0.25) is 0 Å². The van der Waals surface area contributed by atoms with Gasteiger partial charge in [0.1, 0.15) is 6.10 Å². The highest BCUT2D eigenvalue weighted by molar-refractivity contribution is 5.85. The molecule has 0 unspecified atom stereocenters. The van der Waals surface area contributed by atoms with Crippen molar-refractivity contribution in [3.05, 3.63) is 71.8 Å². The predicted octanol–water partition coefficient (Wildman–Crippen LogP) is 3.34. The number of aliphatic hydroxyl groups is 1. The van der Waals surface area contributed by atoms with E-state index in [1.165, 1.54) is 0 Å². The van der Waals surface area contributed by atoms with Gasteiger partial charge in [-0.1, -0.05) is 60.7 Å². The Morgan fingerprint density at radius 2 is 1.38 bits per heavy atom. The highest BCUT2D eigenvalue weighted by atomic mass is 16.6. The van der Waals surface area contributed by atoms with Crippen LogP contribution in [0.4, 0.5) is 0 Å². The molecule has 0 aromatic heterocycles. The fraction of sp³-hybridized carbons (Fsp3) is 0.409. The minimum absolute atomic E-state index is 0.141. The van der Waals surface area contributed by atoms with Crippen LogP contribution in [0.3, 0.4) is 0 Å². The van der Waals surface area contributed by atoms with Gasteiger partial charge in [0.15, 0.2) is 0 Å². The monoisotopic (exact) mass is 353 g/mol. The maximum atomic E-state index is 13.1. The largest absolute Gasteiger partial charge is 0.460 e. The van der Waals surface area contributed by atoms with Crippen LogP contribution in [-0.4, -0.2) is 42.2 Å². The smallest absolute Gasteiger partial charge is 0.347 e. The van der Waals surface area contributed by atoms with E-state index in [2.05, 4.69) is 19.0 Å². The van der Waals surface area contributed by atoms with Crippen LogP contribution < -0.4 is 0 Å². The first-order chi connectivity index (χ1) is 12.5. The first-order valence-corrected chi connectivity index (χ1v) is 9.22. The summed E-state index contributed by atoms with van der Waals surface area (Å²) >= 11 is 0. The molecule has 0 saturated heterocycles. The van der Waals surface area contributed by atoms with Crippen LogP contribution in [0.1, 0.15) is 36.8 Å². The zero-order valence-corrected chi connectivity index (χ0v) is 15.5. The van der Waals surface area contributed by atoms with Crippen molar-refractivity contribution in [1.29, 1.82) is 0 Å². The van der Waals surface area contributed by atoms with Gasteiger partial charge in [-0.2, -0.15) is 0 Å². The van der Waals surface area contributed by atoms with Crippen molar-refractivity contribution in [2.75, 3.05) is 14.1 Å². The normalized spacial score (nSPS) is 20.8. The number of hydrogen-bond donors (Lipinski definition) is 1. The highest BCUT2D eigenvalue weighted by Gasteiger charge is 2.43. The Morgan fingerprint density at radius 1 is 0.923 bits per heavy atom. The molecule has 0 aliphatic heterocycles. The number of esters is 1. The lowest BCUT2D eigenvalue weighted by molar-refractivity contribution is -0.169.